The van der Waals surface area contributed by atoms with Gasteiger partial charge in [0.1, 0.15) is 12.3 Å². The van der Waals surface area contributed by atoms with Gasteiger partial charge in [-0.25, -0.2) is 0 Å². The van der Waals surface area contributed by atoms with Crippen molar-refractivity contribution in [3.05, 3.63) is 53.9 Å². The van der Waals surface area contributed by atoms with E-state index in [2.05, 4.69) is 14.9 Å². The smallest absolute Gasteiger partial charge is 0.269 e. The van der Waals surface area contributed by atoms with Crippen LogP contribution in [0.3, 0.4) is 0 Å². The van der Waals surface area contributed by atoms with Crippen molar-refractivity contribution < 1.29 is 14.3 Å². The summed E-state index contributed by atoms with van der Waals surface area (Å²) >= 11 is 1.30. The lowest BCUT2D eigenvalue weighted by Gasteiger charge is -2.25. The molecule has 24 heavy (non-hydrogen) atoms. The molecule has 1 atom stereocenters. The summed E-state index contributed by atoms with van der Waals surface area (Å²) in [6.45, 7) is 0.186. The quantitative estimate of drug-likeness (QED) is 0.794. The fourth-order valence-electron chi connectivity index (χ4n) is 2.39. The molecule has 120 valence electrons. The van der Waals surface area contributed by atoms with E-state index in [-0.39, 0.29) is 12.5 Å². The first kappa shape index (κ1) is 14.6. The fourth-order valence-corrected chi connectivity index (χ4v) is 2.85. The predicted molar refractivity (Wildman–Crippen MR) is 90.3 cm³/mol. The van der Waals surface area contributed by atoms with Crippen molar-refractivity contribution in [2.45, 2.75) is 6.10 Å². The predicted octanol–water partition coefficient (Wildman–Crippen LogP) is 2.98. The Morgan fingerprint density at radius 1 is 1.12 bits per heavy atom. The first-order valence-electron chi connectivity index (χ1n) is 7.36. The highest BCUT2D eigenvalue weighted by Crippen LogP contribution is 2.31. The molecule has 0 aliphatic carbocycles. The molecule has 1 N–H and O–H groups in total. The van der Waals surface area contributed by atoms with Gasteiger partial charge in [-0.05, 0) is 35.8 Å². The number of fused-ring (bicyclic) bond motifs is 1. The van der Waals surface area contributed by atoms with Crippen molar-refractivity contribution in [2.24, 2.45) is 0 Å². The molecule has 0 saturated heterocycles. The largest absolute Gasteiger partial charge is 0.485 e. The maximum atomic E-state index is 12.4. The van der Waals surface area contributed by atoms with Gasteiger partial charge in [0.05, 0.1) is 0 Å². The third kappa shape index (κ3) is 2.93. The second-order valence-electron chi connectivity index (χ2n) is 5.22. The second kappa shape index (κ2) is 6.29. The molecule has 0 bridgehead atoms. The van der Waals surface area contributed by atoms with Gasteiger partial charge in [-0.3, -0.25) is 4.79 Å². The minimum absolute atomic E-state index is 0.186. The molecule has 0 spiro atoms. The summed E-state index contributed by atoms with van der Waals surface area (Å²) in [5, 5.41) is 8.73. The Balaban J connectivity index is 1.43. The van der Waals surface area contributed by atoms with Crippen molar-refractivity contribution in [2.75, 3.05) is 11.9 Å². The number of para-hydroxylation sites is 2. The number of hydrogen-bond donors (Lipinski definition) is 1. The maximum absolute atomic E-state index is 12.4. The zero-order valence-electron chi connectivity index (χ0n) is 12.5. The van der Waals surface area contributed by atoms with Crippen LogP contribution in [-0.2, 0) is 4.79 Å². The number of nitrogens with one attached hydrogen (secondary N) is 1. The lowest BCUT2D eigenvalue weighted by atomic mass is 10.1. The molecular formula is C17H13N3O3S. The topological polar surface area (TPSA) is 73.3 Å². The Bertz CT molecular complexity index is 850. The van der Waals surface area contributed by atoms with E-state index in [0.717, 1.165) is 11.3 Å². The van der Waals surface area contributed by atoms with Gasteiger partial charge in [-0.2, -0.15) is 0 Å². The summed E-state index contributed by atoms with van der Waals surface area (Å²) in [6.07, 6.45) is -0.678. The molecule has 1 unspecified atom stereocenters. The molecule has 2 aromatic carbocycles. The SMILES string of the molecule is O=C(Nc1ccc(-c2csnn2)cc1)C1COc2ccccc2O1. The minimum atomic E-state index is -0.678. The van der Waals surface area contributed by atoms with Crippen LogP contribution in [0.5, 0.6) is 11.5 Å². The van der Waals surface area contributed by atoms with Crippen molar-refractivity contribution in [3.63, 3.8) is 0 Å². The van der Waals surface area contributed by atoms with E-state index < -0.39 is 6.10 Å². The molecule has 0 radical (unpaired) electrons. The standard InChI is InChI=1S/C17H13N3O3S/c21-17(16-9-22-14-3-1-2-4-15(14)23-16)18-12-7-5-11(6-8-12)13-10-24-20-19-13/h1-8,10,16H,9H2,(H,18,21). The molecular weight excluding hydrogens is 326 g/mol. The number of benzene rings is 2. The van der Waals surface area contributed by atoms with Gasteiger partial charge in [-0.15, -0.1) is 5.10 Å². The monoisotopic (exact) mass is 339 g/mol. The van der Waals surface area contributed by atoms with E-state index in [1.807, 2.05) is 47.8 Å². The number of carbonyl (C=O) groups is 1. The van der Waals surface area contributed by atoms with E-state index in [1.165, 1.54) is 11.5 Å². The third-order valence-electron chi connectivity index (χ3n) is 3.61. The lowest BCUT2D eigenvalue weighted by molar-refractivity contribution is -0.125. The molecule has 1 aromatic heterocycles. The van der Waals surface area contributed by atoms with Gasteiger partial charge >= 0.3 is 0 Å². The van der Waals surface area contributed by atoms with Crippen molar-refractivity contribution in [3.8, 4) is 22.8 Å². The van der Waals surface area contributed by atoms with Gasteiger partial charge < -0.3 is 14.8 Å². The zero-order chi connectivity index (χ0) is 16.4. The number of nitrogens with zero attached hydrogens (tertiary/aromatic N) is 2. The Hall–Kier alpha value is -2.93. The number of carbonyl (C=O) groups excluding carboxylic acids is 1. The Morgan fingerprint density at radius 3 is 2.67 bits per heavy atom. The van der Waals surface area contributed by atoms with E-state index in [0.29, 0.717) is 17.2 Å². The number of ether oxygens (including phenoxy) is 2. The van der Waals surface area contributed by atoms with Crippen LogP contribution in [-0.4, -0.2) is 28.2 Å². The highest BCUT2D eigenvalue weighted by atomic mass is 32.1. The van der Waals surface area contributed by atoms with Crippen molar-refractivity contribution in [1.82, 2.24) is 9.59 Å². The molecule has 6 nitrogen and oxygen atoms in total. The molecule has 7 heteroatoms. The second-order valence-corrected chi connectivity index (χ2v) is 5.83. The molecule has 4 rings (SSSR count). The average Bonchev–Trinajstić information content (AvgIpc) is 3.16. The molecule has 0 saturated carbocycles. The Morgan fingerprint density at radius 2 is 1.92 bits per heavy atom. The van der Waals surface area contributed by atoms with E-state index in [4.69, 9.17) is 9.47 Å². The summed E-state index contributed by atoms with van der Waals surface area (Å²) < 4.78 is 15.1. The summed E-state index contributed by atoms with van der Waals surface area (Å²) in [6, 6.07) is 14.7. The molecule has 1 amide bonds. The van der Waals surface area contributed by atoms with Crippen LogP contribution in [0.15, 0.2) is 53.9 Å². The Labute approximate surface area is 142 Å². The molecule has 1 aliphatic rings. The summed E-state index contributed by atoms with van der Waals surface area (Å²) in [5.74, 6) is 0.991. The van der Waals surface area contributed by atoms with Crippen LogP contribution in [0, 0.1) is 0 Å². The van der Waals surface area contributed by atoms with Crippen LogP contribution in [0.4, 0.5) is 5.69 Å². The average molecular weight is 339 g/mol. The van der Waals surface area contributed by atoms with E-state index in [1.54, 1.807) is 6.07 Å². The van der Waals surface area contributed by atoms with Crippen LogP contribution >= 0.6 is 11.5 Å². The van der Waals surface area contributed by atoms with Gasteiger partial charge in [0, 0.05) is 16.6 Å². The van der Waals surface area contributed by atoms with Crippen LogP contribution in [0.2, 0.25) is 0 Å². The highest BCUT2D eigenvalue weighted by Gasteiger charge is 2.27. The van der Waals surface area contributed by atoms with Gasteiger partial charge in [0.2, 0.25) is 6.10 Å². The number of anilines is 1. The molecule has 0 fully saturated rings. The van der Waals surface area contributed by atoms with Crippen LogP contribution in [0.1, 0.15) is 0 Å². The first-order valence-corrected chi connectivity index (χ1v) is 8.20. The normalized spacial score (nSPS) is 15.8. The molecule has 2 heterocycles. The van der Waals surface area contributed by atoms with Crippen LogP contribution in [0.25, 0.3) is 11.3 Å². The highest BCUT2D eigenvalue weighted by molar-refractivity contribution is 7.03. The first-order chi connectivity index (χ1) is 11.8. The third-order valence-corrected chi connectivity index (χ3v) is 4.11. The Kier molecular flexibility index (Phi) is 3.84. The number of aromatic nitrogens is 2. The van der Waals surface area contributed by atoms with E-state index >= 15 is 0 Å². The van der Waals surface area contributed by atoms with Gasteiger partial charge in [0.15, 0.2) is 11.5 Å². The number of amides is 1. The summed E-state index contributed by atoms with van der Waals surface area (Å²) in [7, 11) is 0. The molecule has 3 aromatic rings. The van der Waals surface area contributed by atoms with Crippen LogP contribution < -0.4 is 14.8 Å². The van der Waals surface area contributed by atoms with Gasteiger partial charge in [0.25, 0.3) is 5.91 Å². The van der Waals surface area contributed by atoms with E-state index in [9.17, 15) is 4.79 Å². The zero-order valence-corrected chi connectivity index (χ0v) is 13.3. The minimum Gasteiger partial charge on any atom is -0.485 e. The fraction of sp³-hybridized carbons (Fsp3) is 0.118. The lowest BCUT2D eigenvalue weighted by Crippen LogP contribution is -2.40. The summed E-state index contributed by atoms with van der Waals surface area (Å²) in [5.41, 5.74) is 2.46. The summed E-state index contributed by atoms with van der Waals surface area (Å²) in [4.78, 5) is 12.4. The molecule has 1 aliphatic heterocycles. The van der Waals surface area contributed by atoms with Crippen molar-refractivity contribution >= 4 is 23.1 Å². The van der Waals surface area contributed by atoms with Gasteiger partial charge in [-0.1, -0.05) is 28.8 Å². The maximum Gasteiger partial charge on any atom is 0.269 e. The number of rotatable bonds is 3. The number of hydrogen-bond acceptors (Lipinski definition) is 6. The van der Waals surface area contributed by atoms with Crippen molar-refractivity contribution in [1.29, 1.82) is 0 Å².